The molecule has 0 spiro atoms. The Hall–Kier alpha value is -1.93. The Labute approximate surface area is 127 Å². The quantitative estimate of drug-likeness (QED) is 0.903. The van der Waals surface area contributed by atoms with E-state index in [1.165, 1.54) is 18.3 Å². The Bertz CT molecular complexity index is 710. The number of anilines is 1. The SMILES string of the molecule is CC(NC(=O)Nc1ccc(S(C)(=O)=O)nc1)c1cccs1. The summed E-state index contributed by atoms with van der Waals surface area (Å²) >= 11 is 1.56. The molecule has 0 aliphatic heterocycles. The second-order valence-corrected chi connectivity index (χ2v) is 7.43. The van der Waals surface area contributed by atoms with E-state index in [0.717, 1.165) is 11.1 Å². The Morgan fingerprint density at radius 3 is 2.62 bits per heavy atom. The highest BCUT2D eigenvalue weighted by Gasteiger charge is 2.12. The normalized spacial score (nSPS) is 12.7. The zero-order chi connectivity index (χ0) is 15.5. The van der Waals surface area contributed by atoms with Gasteiger partial charge in [0.15, 0.2) is 14.9 Å². The minimum Gasteiger partial charge on any atom is -0.331 e. The highest BCUT2D eigenvalue weighted by Crippen LogP contribution is 2.18. The van der Waals surface area contributed by atoms with Crippen LogP contribution in [-0.2, 0) is 9.84 Å². The summed E-state index contributed by atoms with van der Waals surface area (Å²) < 4.78 is 22.6. The lowest BCUT2D eigenvalue weighted by atomic mass is 10.3. The molecule has 2 N–H and O–H groups in total. The van der Waals surface area contributed by atoms with Crippen LogP contribution < -0.4 is 10.6 Å². The average molecular weight is 325 g/mol. The van der Waals surface area contributed by atoms with Gasteiger partial charge >= 0.3 is 6.03 Å². The summed E-state index contributed by atoms with van der Waals surface area (Å²) in [5.41, 5.74) is 0.429. The van der Waals surface area contributed by atoms with Crippen LogP contribution in [-0.4, -0.2) is 25.7 Å². The van der Waals surface area contributed by atoms with Gasteiger partial charge in [-0.1, -0.05) is 6.07 Å². The smallest absolute Gasteiger partial charge is 0.319 e. The van der Waals surface area contributed by atoms with Crippen LogP contribution in [0.3, 0.4) is 0 Å². The predicted molar refractivity (Wildman–Crippen MR) is 82.2 cm³/mol. The molecule has 8 heteroatoms. The number of urea groups is 1. The van der Waals surface area contributed by atoms with E-state index in [2.05, 4.69) is 15.6 Å². The topological polar surface area (TPSA) is 88.2 Å². The number of rotatable bonds is 4. The molecule has 2 rings (SSSR count). The van der Waals surface area contributed by atoms with E-state index in [-0.39, 0.29) is 17.1 Å². The molecule has 2 aromatic heterocycles. The second-order valence-electron chi connectivity index (χ2n) is 4.49. The van der Waals surface area contributed by atoms with Gasteiger partial charge in [0.2, 0.25) is 0 Å². The second kappa shape index (κ2) is 6.23. The maximum atomic E-state index is 11.8. The van der Waals surface area contributed by atoms with Gasteiger partial charge in [-0.2, -0.15) is 0 Å². The molecular formula is C13H15N3O3S2. The third-order valence-corrected chi connectivity index (χ3v) is 4.75. The summed E-state index contributed by atoms with van der Waals surface area (Å²) in [6.07, 6.45) is 2.39. The molecule has 0 radical (unpaired) electrons. The van der Waals surface area contributed by atoms with Crippen molar-refractivity contribution in [3.63, 3.8) is 0 Å². The maximum absolute atomic E-state index is 11.8. The highest BCUT2D eigenvalue weighted by molar-refractivity contribution is 7.90. The fraction of sp³-hybridized carbons (Fsp3) is 0.231. The zero-order valence-corrected chi connectivity index (χ0v) is 13.2. The molecule has 112 valence electrons. The maximum Gasteiger partial charge on any atom is 0.319 e. The number of amides is 2. The van der Waals surface area contributed by atoms with Crippen molar-refractivity contribution in [3.05, 3.63) is 40.7 Å². The molecule has 1 atom stereocenters. The number of nitrogens with zero attached hydrogens (tertiary/aromatic N) is 1. The minimum atomic E-state index is -3.33. The molecule has 21 heavy (non-hydrogen) atoms. The number of carbonyl (C=O) groups is 1. The fourth-order valence-corrected chi connectivity index (χ4v) is 2.94. The number of pyridine rings is 1. The summed E-state index contributed by atoms with van der Waals surface area (Å²) in [5.74, 6) is 0. The molecular weight excluding hydrogens is 310 g/mol. The molecule has 6 nitrogen and oxygen atoms in total. The van der Waals surface area contributed by atoms with Crippen LogP contribution in [0, 0.1) is 0 Å². The van der Waals surface area contributed by atoms with Gasteiger partial charge in [-0.05, 0) is 30.5 Å². The van der Waals surface area contributed by atoms with Crippen molar-refractivity contribution >= 4 is 32.9 Å². The van der Waals surface area contributed by atoms with Crippen molar-refractivity contribution in [2.75, 3.05) is 11.6 Å². The summed E-state index contributed by atoms with van der Waals surface area (Å²) in [7, 11) is -3.33. The van der Waals surface area contributed by atoms with E-state index >= 15 is 0 Å². The van der Waals surface area contributed by atoms with Crippen molar-refractivity contribution in [1.82, 2.24) is 10.3 Å². The lowest BCUT2D eigenvalue weighted by Gasteiger charge is -2.13. The molecule has 0 fully saturated rings. The van der Waals surface area contributed by atoms with Crippen molar-refractivity contribution in [2.45, 2.75) is 18.0 Å². The molecule has 0 saturated carbocycles. The Morgan fingerprint density at radius 2 is 2.10 bits per heavy atom. The van der Waals surface area contributed by atoms with Gasteiger partial charge < -0.3 is 10.6 Å². The Kier molecular flexibility index (Phi) is 4.59. The van der Waals surface area contributed by atoms with Crippen molar-refractivity contribution in [1.29, 1.82) is 0 Å². The number of hydrogen-bond donors (Lipinski definition) is 2. The van der Waals surface area contributed by atoms with Crippen molar-refractivity contribution in [3.8, 4) is 0 Å². The molecule has 0 bridgehead atoms. The number of aromatic nitrogens is 1. The number of nitrogens with one attached hydrogen (secondary N) is 2. The van der Waals surface area contributed by atoms with E-state index in [9.17, 15) is 13.2 Å². The van der Waals surface area contributed by atoms with Gasteiger partial charge in [0.25, 0.3) is 0 Å². The third kappa shape index (κ3) is 4.27. The zero-order valence-electron chi connectivity index (χ0n) is 11.5. The molecule has 0 aromatic carbocycles. The van der Waals surface area contributed by atoms with Crippen LogP contribution in [0.25, 0.3) is 0 Å². The lowest BCUT2D eigenvalue weighted by molar-refractivity contribution is 0.249. The molecule has 0 aliphatic rings. The van der Waals surface area contributed by atoms with E-state index in [0.29, 0.717) is 5.69 Å². The third-order valence-electron chi connectivity index (χ3n) is 2.69. The summed E-state index contributed by atoms with van der Waals surface area (Å²) in [4.78, 5) is 16.7. The van der Waals surface area contributed by atoms with E-state index in [4.69, 9.17) is 0 Å². The largest absolute Gasteiger partial charge is 0.331 e. The standard InChI is InChI=1S/C13H15N3O3S2/c1-9(11-4-3-7-20-11)15-13(17)16-10-5-6-12(14-8-10)21(2,18)19/h3-9H,1-2H3,(H2,15,16,17). The van der Waals surface area contributed by atoms with Gasteiger partial charge in [-0.15, -0.1) is 11.3 Å². The summed E-state index contributed by atoms with van der Waals surface area (Å²) in [6, 6.07) is 6.24. The monoisotopic (exact) mass is 325 g/mol. The first-order valence-corrected chi connectivity index (χ1v) is 8.90. The van der Waals surface area contributed by atoms with E-state index in [1.54, 1.807) is 11.3 Å². The first-order valence-electron chi connectivity index (χ1n) is 6.13. The van der Waals surface area contributed by atoms with Crippen LogP contribution in [0.5, 0.6) is 0 Å². The van der Waals surface area contributed by atoms with Crippen molar-refractivity contribution < 1.29 is 13.2 Å². The van der Waals surface area contributed by atoms with Gasteiger partial charge in [0.05, 0.1) is 17.9 Å². The van der Waals surface area contributed by atoms with Gasteiger partial charge in [0, 0.05) is 11.1 Å². The molecule has 2 aromatic rings. The first kappa shape index (κ1) is 15.5. The summed E-state index contributed by atoms with van der Waals surface area (Å²) in [5, 5.41) is 7.32. The Balaban J connectivity index is 1.97. The minimum absolute atomic E-state index is 0.0274. The average Bonchev–Trinajstić information content (AvgIpc) is 2.92. The highest BCUT2D eigenvalue weighted by atomic mass is 32.2. The fourth-order valence-electron chi connectivity index (χ4n) is 1.65. The van der Waals surface area contributed by atoms with E-state index < -0.39 is 9.84 Å². The van der Waals surface area contributed by atoms with Crippen molar-refractivity contribution in [2.24, 2.45) is 0 Å². The molecule has 0 aliphatic carbocycles. The number of hydrogen-bond acceptors (Lipinski definition) is 5. The number of carbonyl (C=O) groups excluding carboxylic acids is 1. The Morgan fingerprint density at radius 1 is 1.33 bits per heavy atom. The first-order chi connectivity index (χ1) is 9.86. The van der Waals surface area contributed by atoms with Gasteiger partial charge in [-0.25, -0.2) is 18.2 Å². The van der Waals surface area contributed by atoms with Crippen LogP contribution in [0.15, 0.2) is 40.9 Å². The van der Waals surface area contributed by atoms with Gasteiger partial charge in [0.1, 0.15) is 0 Å². The molecule has 2 amide bonds. The van der Waals surface area contributed by atoms with Crippen LogP contribution in [0.4, 0.5) is 10.5 Å². The molecule has 1 unspecified atom stereocenters. The lowest BCUT2D eigenvalue weighted by Crippen LogP contribution is -2.30. The van der Waals surface area contributed by atoms with Crippen LogP contribution >= 0.6 is 11.3 Å². The molecule has 0 saturated heterocycles. The number of thiophene rings is 1. The summed E-state index contributed by atoms with van der Waals surface area (Å²) in [6.45, 7) is 1.89. The van der Waals surface area contributed by atoms with Gasteiger partial charge in [-0.3, -0.25) is 0 Å². The molecule has 2 heterocycles. The number of sulfone groups is 1. The van der Waals surface area contributed by atoms with Crippen LogP contribution in [0.1, 0.15) is 17.8 Å². The van der Waals surface area contributed by atoms with Crippen LogP contribution in [0.2, 0.25) is 0 Å². The van der Waals surface area contributed by atoms with E-state index in [1.807, 2.05) is 24.4 Å². The predicted octanol–water partition coefficient (Wildman–Crippen LogP) is 2.43.